The Morgan fingerprint density at radius 2 is 1.41 bits per heavy atom. The number of nitro groups is 1. The Bertz CT molecular complexity index is 1580. The molecule has 14 heteroatoms. The van der Waals surface area contributed by atoms with E-state index in [1.807, 2.05) is 68.4 Å². The smallest absolute Gasteiger partial charge is 0.457 e. The van der Waals surface area contributed by atoms with Crippen LogP contribution in [0.2, 0.25) is 0 Å². The molecule has 0 unspecified atom stereocenters. The van der Waals surface area contributed by atoms with Crippen LogP contribution < -0.4 is 14.0 Å². The Morgan fingerprint density at radius 1 is 0.826 bits per heavy atom. The number of non-ortho nitro benzene ring substituents is 1. The molecule has 0 aliphatic carbocycles. The molecule has 4 aromatic carbocycles. The maximum atomic E-state index is 12.9. The maximum Gasteiger partial charge on any atom is 0.459 e. The molecule has 0 fully saturated rings. The molecule has 246 valence electrons. The van der Waals surface area contributed by atoms with E-state index in [0.29, 0.717) is 19.0 Å². The van der Waals surface area contributed by atoms with Crippen molar-refractivity contribution in [2.75, 3.05) is 20.8 Å². The van der Waals surface area contributed by atoms with Crippen LogP contribution in [0.4, 0.5) is 14.5 Å². The summed E-state index contributed by atoms with van der Waals surface area (Å²) in [4.78, 5) is 9.92. The lowest BCUT2D eigenvalue weighted by atomic mass is 9.85. The lowest BCUT2D eigenvalue weighted by molar-refractivity contribution is -0.384. The summed E-state index contributed by atoms with van der Waals surface area (Å²) >= 11 is 7.15. The Morgan fingerprint density at radius 3 is 1.98 bits per heavy atom. The van der Waals surface area contributed by atoms with E-state index in [0.717, 1.165) is 22.6 Å². The van der Waals surface area contributed by atoms with Gasteiger partial charge in [0.25, 0.3) is 5.69 Å². The number of hydrogen-bond donors (Lipinski definition) is 0. The minimum atomic E-state index is -3.38. The standard InChI is InChI=1S/C24H23BrF2O3.C8H10NO5PS/c1-23(2,19-11-13-21(14-12-19)30-24(25,26)27)17-28-16-18-7-6-10-22(15-18)29-20-8-4-3-5-9-20;1-12-15(16,13-2)14-8-5-3-7(4-6-8)9(10)11/h3-15H,16-17H2,1-2H3;3-6H,1-2H3. The third kappa shape index (κ3) is 12.4. The van der Waals surface area contributed by atoms with E-state index < -0.39 is 16.7 Å². The SMILES string of the molecule is CC(C)(COCc1cccc(Oc2ccccc2)c1)c1ccc(OC(F)(F)Br)cc1.COP(=S)(OC)Oc1ccc([N+](=O)[O-])cc1. The summed E-state index contributed by atoms with van der Waals surface area (Å²) in [6.07, 6.45) is 0. The van der Waals surface area contributed by atoms with Crippen LogP contribution in [0.5, 0.6) is 23.0 Å². The fourth-order valence-corrected chi connectivity index (χ4v) is 4.97. The van der Waals surface area contributed by atoms with Crippen LogP contribution in [0.15, 0.2) is 103 Å². The summed E-state index contributed by atoms with van der Waals surface area (Å²) in [6.45, 7) is 2.20. The van der Waals surface area contributed by atoms with Gasteiger partial charge < -0.3 is 27.8 Å². The lowest BCUT2D eigenvalue weighted by Gasteiger charge is -2.25. The number of nitrogens with zero attached hydrogens (tertiary/aromatic N) is 1. The topological polar surface area (TPSA) is 98.5 Å². The number of nitro benzene ring substituents is 1. The van der Waals surface area contributed by atoms with Gasteiger partial charge in [0.2, 0.25) is 0 Å². The third-order valence-corrected chi connectivity index (χ3v) is 8.80. The molecule has 0 bridgehead atoms. The van der Waals surface area contributed by atoms with E-state index in [4.69, 9.17) is 34.9 Å². The second-order valence-corrected chi connectivity index (χ2v) is 14.2. The number of halogens is 3. The van der Waals surface area contributed by atoms with Crippen LogP contribution in [-0.4, -0.2) is 30.8 Å². The van der Waals surface area contributed by atoms with Crippen LogP contribution in [0.3, 0.4) is 0 Å². The Balaban J connectivity index is 0.000000304. The van der Waals surface area contributed by atoms with E-state index in [1.165, 1.54) is 50.6 Å². The highest BCUT2D eigenvalue weighted by molar-refractivity contribution is 9.09. The van der Waals surface area contributed by atoms with Crippen molar-refractivity contribution in [1.82, 2.24) is 0 Å². The first-order valence-electron chi connectivity index (χ1n) is 13.6. The number of hydrogen-bond acceptors (Lipinski definition) is 9. The van der Waals surface area contributed by atoms with Gasteiger partial charge in [-0.1, -0.05) is 56.3 Å². The van der Waals surface area contributed by atoms with E-state index in [1.54, 1.807) is 12.1 Å². The van der Waals surface area contributed by atoms with Crippen LogP contribution in [-0.2, 0) is 37.6 Å². The molecule has 4 rings (SSSR count). The van der Waals surface area contributed by atoms with Crippen LogP contribution in [0.1, 0.15) is 25.0 Å². The average molecular weight is 741 g/mol. The molecule has 0 saturated carbocycles. The maximum absolute atomic E-state index is 12.9. The molecule has 9 nitrogen and oxygen atoms in total. The number of rotatable bonds is 14. The van der Waals surface area contributed by atoms with Gasteiger partial charge in [-0.3, -0.25) is 10.1 Å². The summed E-state index contributed by atoms with van der Waals surface area (Å²) in [6, 6.07) is 29.5. The second-order valence-electron chi connectivity index (χ2n) is 10.2. The van der Waals surface area contributed by atoms with Gasteiger partial charge in [0.05, 0.1) is 18.1 Å². The summed E-state index contributed by atoms with van der Waals surface area (Å²) in [5.74, 6) is 1.99. The van der Waals surface area contributed by atoms with E-state index in [2.05, 4.69) is 20.7 Å². The van der Waals surface area contributed by atoms with Gasteiger partial charge in [0.15, 0.2) is 0 Å². The van der Waals surface area contributed by atoms with Crippen LogP contribution in [0.25, 0.3) is 0 Å². The van der Waals surface area contributed by atoms with E-state index >= 15 is 0 Å². The first-order chi connectivity index (χ1) is 21.7. The minimum absolute atomic E-state index is 0.0181. The second kappa shape index (κ2) is 16.9. The van der Waals surface area contributed by atoms with Crippen molar-refractivity contribution in [3.8, 4) is 23.0 Å². The predicted octanol–water partition coefficient (Wildman–Crippen LogP) is 9.79. The molecule has 4 aromatic rings. The first-order valence-corrected chi connectivity index (χ1v) is 17.0. The van der Waals surface area contributed by atoms with Crippen molar-refractivity contribution in [3.63, 3.8) is 0 Å². The molecule has 0 atom stereocenters. The molecule has 0 saturated heterocycles. The van der Waals surface area contributed by atoms with Gasteiger partial charge in [-0.15, -0.1) is 0 Å². The van der Waals surface area contributed by atoms with Crippen molar-refractivity contribution in [3.05, 3.63) is 124 Å². The molecule has 0 heterocycles. The van der Waals surface area contributed by atoms with Gasteiger partial charge >= 0.3 is 11.7 Å². The highest BCUT2D eigenvalue weighted by atomic mass is 79.9. The number of benzene rings is 4. The van der Waals surface area contributed by atoms with Crippen molar-refractivity contribution in [1.29, 1.82) is 0 Å². The lowest BCUT2D eigenvalue weighted by Crippen LogP contribution is -2.24. The fraction of sp³-hybridized carbons (Fsp3) is 0.250. The summed E-state index contributed by atoms with van der Waals surface area (Å²) in [5, 5.41) is 7.03. The number of alkyl halides is 3. The highest BCUT2D eigenvalue weighted by Gasteiger charge is 2.27. The van der Waals surface area contributed by atoms with Gasteiger partial charge in [-0.05, 0) is 59.7 Å². The summed E-state index contributed by atoms with van der Waals surface area (Å²) in [7, 11) is 2.77. The van der Waals surface area contributed by atoms with Crippen molar-refractivity contribution < 1.29 is 41.5 Å². The monoisotopic (exact) mass is 739 g/mol. The quantitative estimate of drug-likeness (QED) is 0.0542. The molecule has 0 spiro atoms. The van der Waals surface area contributed by atoms with Gasteiger partial charge in [-0.2, -0.15) is 8.78 Å². The largest absolute Gasteiger partial charge is 0.459 e. The molecule has 0 amide bonds. The number of para-hydroxylation sites is 1. The first kappa shape index (κ1) is 37.0. The molecule has 0 N–H and O–H groups in total. The van der Waals surface area contributed by atoms with Crippen LogP contribution in [0, 0.1) is 10.1 Å². The molecule has 46 heavy (non-hydrogen) atoms. The van der Waals surface area contributed by atoms with Gasteiger partial charge in [-0.25, -0.2) is 0 Å². The van der Waals surface area contributed by atoms with E-state index in [9.17, 15) is 18.9 Å². The molecular formula is C32H33BrF2NO8PS. The molecule has 0 radical (unpaired) electrons. The van der Waals surface area contributed by atoms with Gasteiger partial charge in [0.1, 0.15) is 23.0 Å². The Labute approximate surface area is 279 Å². The van der Waals surface area contributed by atoms with Crippen molar-refractivity contribution in [2.45, 2.75) is 30.9 Å². The zero-order valence-corrected chi connectivity index (χ0v) is 28.7. The fourth-order valence-electron chi connectivity index (χ4n) is 3.85. The minimum Gasteiger partial charge on any atom is -0.457 e. The zero-order valence-electron chi connectivity index (χ0n) is 25.4. The summed E-state index contributed by atoms with van der Waals surface area (Å²) < 4.78 is 57.2. The van der Waals surface area contributed by atoms with Crippen molar-refractivity contribution in [2.24, 2.45) is 0 Å². The van der Waals surface area contributed by atoms with Crippen LogP contribution >= 0.6 is 22.6 Å². The zero-order chi connectivity index (χ0) is 33.8. The molecule has 0 aliphatic rings. The Kier molecular flexibility index (Phi) is 13.6. The molecular weight excluding hydrogens is 707 g/mol. The summed E-state index contributed by atoms with van der Waals surface area (Å²) in [5.41, 5.74) is 1.65. The normalized spacial score (nSPS) is 11.6. The number of ether oxygens (including phenoxy) is 3. The van der Waals surface area contributed by atoms with E-state index in [-0.39, 0.29) is 16.9 Å². The molecule has 0 aliphatic heterocycles. The third-order valence-electron chi connectivity index (χ3n) is 6.19. The molecule has 0 aromatic heterocycles. The van der Waals surface area contributed by atoms with Gasteiger partial charge in [0, 0.05) is 59.5 Å². The highest BCUT2D eigenvalue weighted by Crippen LogP contribution is 2.48. The predicted molar refractivity (Wildman–Crippen MR) is 179 cm³/mol. The Hall–Kier alpha value is -3.45. The average Bonchev–Trinajstić information content (AvgIpc) is 3.02. The van der Waals surface area contributed by atoms with Crippen molar-refractivity contribution >= 4 is 40.1 Å².